The Hall–Kier alpha value is -2.05. The highest BCUT2D eigenvalue weighted by atomic mass is 32.2. The molecule has 0 saturated carbocycles. The topological polar surface area (TPSA) is 65.8 Å². The molecular formula is C14H10F3N3OS2. The normalized spacial score (nSPS) is 11.0. The lowest BCUT2D eigenvalue weighted by Crippen LogP contribution is -2.12. The molecule has 0 fully saturated rings. The van der Waals surface area contributed by atoms with Gasteiger partial charge in [-0.15, -0.1) is 23.1 Å². The largest absolute Gasteiger partial charge is 0.417 e. The van der Waals surface area contributed by atoms with Crippen LogP contribution in [0.2, 0.25) is 0 Å². The van der Waals surface area contributed by atoms with Gasteiger partial charge in [-0.3, -0.25) is 4.79 Å². The smallest absolute Gasteiger partial charge is 0.317 e. The molecule has 120 valence electrons. The van der Waals surface area contributed by atoms with Crippen molar-refractivity contribution in [3.8, 4) is 6.07 Å². The Balaban J connectivity index is 1.81. The number of rotatable bonds is 5. The molecule has 0 bridgehead atoms. The second-order valence-corrected chi connectivity index (χ2v) is 6.34. The summed E-state index contributed by atoms with van der Waals surface area (Å²) in [7, 11) is 0. The van der Waals surface area contributed by atoms with E-state index >= 15 is 0 Å². The summed E-state index contributed by atoms with van der Waals surface area (Å²) in [6.07, 6.45) is -3.47. The third-order valence-electron chi connectivity index (χ3n) is 2.68. The van der Waals surface area contributed by atoms with Gasteiger partial charge in [0.15, 0.2) is 0 Å². The summed E-state index contributed by atoms with van der Waals surface area (Å²) in [5.41, 5.74) is -0.401. The monoisotopic (exact) mass is 357 g/mol. The van der Waals surface area contributed by atoms with Gasteiger partial charge in [-0.05, 0) is 23.6 Å². The Kier molecular flexibility index (Phi) is 5.63. The van der Waals surface area contributed by atoms with Crippen molar-refractivity contribution in [2.45, 2.75) is 17.6 Å². The number of anilines is 1. The van der Waals surface area contributed by atoms with Crippen molar-refractivity contribution in [3.05, 3.63) is 40.9 Å². The van der Waals surface area contributed by atoms with E-state index in [2.05, 4.69) is 10.3 Å². The zero-order valence-electron chi connectivity index (χ0n) is 11.6. The molecule has 0 spiro atoms. The highest BCUT2D eigenvalue weighted by Gasteiger charge is 2.30. The van der Waals surface area contributed by atoms with Crippen LogP contribution in [0.3, 0.4) is 0 Å². The first-order valence-corrected chi connectivity index (χ1v) is 8.20. The molecule has 0 saturated heterocycles. The number of thiophene rings is 1. The summed E-state index contributed by atoms with van der Waals surface area (Å²) >= 11 is 2.45. The third kappa shape index (κ3) is 4.97. The molecule has 0 aromatic carbocycles. The molecule has 1 amide bonds. The lowest BCUT2D eigenvalue weighted by molar-refractivity contribution is -0.137. The standard InChI is InChI=1S/C14H10F3N3OS2/c15-14(16,17)10-1-2-12(19-8-10)22-6-4-11(21)20-13-9(7-18)3-5-23-13/h1-3,5,8H,4,6H2,(H,20,21). The van der Waals surface area contributed by atoms with Crippen LogP contribution < -0.4 is 5.32 Å². The van der Waals surface area contributed by atoms with E-state index < -0.39 is 11.7 Å². The number of nitrogens with one attached hydrogen (secondary N) is 1. The predicted octanol–water partition coefficient (Wildman–Crippen LogP) is 4.15. The van der Waals surface area contributed by atoms with E-state index in [0.29, 0.717) is 21.3 Å². The van der Waals surface area contributed by atoms with E-state index in [4.69, 9.17) is 5.26 Å². The van der Waals surface area contributed by atoms with Crippen LogP contribution >= 0.6 is 23.1 Å². The summed E-state index contributed by atoms with van der Waals surface area (Å²) in [4.78, 5) is 15.5. The second-order valence-electron chi connectivity index (χ2n) is 4.30. The van der Waals surface area contributed by atoms with E-state index in [0.717, 1.165) is 12.3 Å². The summed E-state index contributed by atoms with van der Waals surface area (Å²) in [5.74, 6) is 0.112. The van der Waals surface area contributed by atoms with Crippen molar-refractivity contribution < 1.29 is 18.0 Å². The molecule has 9 heteroatoms. The Morgan fingerprint density at radius 3 is 2.78 bits per heavy atom. The average Bonchev–Trinajstić information content (AvgIpc) is 2.94. The van der Waals surface area contributed by atoms with Crippen molar-refractivity contribution >= 4 is 34.0 Å². The molecule has 2 aromatic rings. The molecule has 0 radical (unpaired) electrons. The van der Waals surface area contributed by atoms with Crippen LogP contribution in [0.1, 0.15) is 17.5 Å². The predicted molar refractivity (Wildman–Crippen MR) is 82.2 cm³/mol. The first kappa shape index (κ1) is 17.3. The highest BCUT2D eigenvalue weighted by molar-refractivity contribution is 7.99. The molecule has 0 unspecified atom stereocenters. The van der Waals surface area contributed by atoms with E-state index in [1.165, 1.54) is 29.2 Å². The van der Waals surface area contributed by atoms with Crippen molar-refractivity contribution in [3.63, 3.8) is 0 Å². The first-order chi connectivity index (χ1) is 10.9. The number of aromatic nitrogens is 1. The van der Waals surface area contributed by atoms with E-state index in [-0.39, 0.29) is 12.3 Å². The van der Waals surface area contributed by atoms with Crippen molar-refractivity contribution in [2.75, 3.05) is 11.1 Å². The number of thioether (sulfide) groups is 1. The average molecular weight is 357 g/mol. The van der Waals surface area contributed by atoms with Crippen molar-refractivity contribution in [1.29, 1.82) is 5.26 Å². The summed E-state index contributed by atoms with van der Waals surface area (Å²) < 4.78 is 37.2. The number of carbonyl (C=O) groups excluding carboxylic acids is 1. The summed E-state index contributed by atoms with van der Waals surface area (Å²) in [5, 5.41) is 14.1. The van der Waals surface area contributed by atoms with Gasteiger partial charge >= 0.3 is 6.18 Å². The van der Waals surface area contributed by atoms with Gasteiger partial charge in [0.25, 0.3) is 0 Å². The maximum Gasteiger partial charge on any atom is 0.417 e. The van der Waals surface area contributed by atoms with Gasteiger partial charge in [-0.1, -0.05) is 0 Å². The lowest BCUT2D eigenvalue weighted by atomic mass is 10.3. The minimum Gasteiger partial charge on any atom is -0.317 e. The fourth-order valence-corrected chi connectivity index (χ4v) is 3.11. The van der Waals surface area contributed by atoms with E-state index in [9.17, 15) is 18.0 Å². The molecule has 23 heavy (non-hydrogen) atoms. The van der Waals surface area contributed by atoms with Crippen LogP contribution in [0.4, 0.5) is 18.2 Å². The van der Waals surface area contributed by atoms with E-state index in [1.54, 1.807) is 11.4 Å². The number of hydrogen-bond donors (Lipinski definition) is 1. The quantitative estimate of drug-likeness (QED) is 0.816. The van der Waals surface area contributed by atoms with Gasteiger partial charge in [0.05, 0.1) is 16.2 Å². The minimum atomic E-state index is -4.41. The number of nitriles is 1. The highest BCUT2D eigenvalue weighted by Crippen LogP contribution is 2.29. The van der Waals surface area contributed by atoms with Crippen molar-refractivity contribution in [1.82, 2.24) is 4.98 Å². The summed E-state index contributed by atoms with van der Waals surface area (Å²) in [6.45, 7) is 0. The van der Waals surface area contributed by atoms with E-state index in [1.807, 2.05) is 6.07 Å². The number of pyridine rings is 1. The molecular weight excluding hydrogens is 347 g/mol. The van der Waals surface area contributed by atoms with Crippen LogP contribution in [0, 0.1) is 11.3 Å². The molecule has 4 nitrogen and oxygen atoms in total. The van der Waals surface area contributed by atoms with Gasteiger partial charge in [-0.25, -0.2) is 4.98 Å². The number of alkyl halides is 3. The zero-order valence-corrected chi connectivity index (χ0v) is 13.2. The number of amides is 1. The third-order valence-corrected chi connectivity index (χ3v) is 4.46. The summed E-state index contributed by atoms with van der Waals surface area (Å²) in [6, 6.07) is 5.82. The van der Waals surface area contributed by atoms with Gasteiger partial charge < -0.3 is 5.32 Å². The minimum absolute atomic E-state index is 0.163. The lowest BCUT2D eigenvalue weighted by Gasteiger charge is -2.06. The van der Waals surface area contributed by atoms with Gasteiger partial charge in [-0.2, -0.15) is 18.4 Å². The Morgan fingerprint density at radius 1 is 1.39 bits per heavy atom. The maximum atomic E-state index is 12.4. The van der Waals surface area contributed by atoms with Crippen molar-refractivity contribution in [2.24, 2.45) is 0 Å². The molecule has 2 aromatic heterocycles. The number of hydrogen-bond acceptors (Lipinski definition) is 5. The Bertz CT molecular complexity index is 720. The first-order valence-electron chi connectivity index (χ1n) is 6.33. The van der Waals surface area contributed by atoms with Gasteiger partial charge in [0, 0.05) is 18.4 Å². The molecule has 1 N–H and O–H groups in total. The number of halogens is 3. The van der Waals surface area contributed by atoms with Crippen LogP contribution in [-0.2, 0) is 11.0 Å². The number of nitrogens with zero attached hydrogens (tertiary/aromatic N) is 2. The fourth-order valence-electron chi connectivity index (χ4n) is 1.56. The van der Waals surface area contributed by atoms with Gasteiger partial charge in [0.2, 0.25) is 5.91 Å². The molecule has 0 aliphatic rings. The molecule has 2 rings (SSSR count). The maximum absolute atomic E-state index is 12.4. The molecule has 2 heterocycles. The Labute approximate surface area is 138 Å². The fraction of sp³-hybridized carbons (Fsp3) is 0.214. The number of carbonyl (C=O) groups is 1. The SMILES string of the molecule is N#Cc1ccsc1NC(=O)CCSc1ccc(C(F)(F)F)cn1. The van der Waals surface area contributed by atoms with Crippen LogP contribution in [0.5, 0.6) is 0 Å². The zero-order chi connectivity index (χ0) is 16.9. The second kappa shape index (κ2) is 7.48. The Morgan fingerprint density at radius 2 is 2.17 bits per heavy atom. The molecule has 0 atom stereocenters. The van der Waals surface area contributed by atoms with Crippen LogP contribution in [0.15, 0.2) is 34.8 Å². The van der Waals surface area contributed by atoms with Gasteiger partial charge in [0.1, 0.15) is 11.1 Å². The van der Waals surface area contributed by atoms with Crippen LogP contribution in [-0.4, -0.2) is 16.6 Å². The van der Waals surface area contributed by atoms with Crippen LogP contribution in [0.25, 0.3) is 0 Å². The molecule has 0 aliphatic carbocycles. The molecule has 0 aliphatic heterocycles.